The second kappa shape index (κ2) is 11.3. The fourth-order valence-corrected chi connectivity index (χ4v) is 4.73. The van der Waals surface area contributed by atoms with Crippen molar-refractivity contribution in [3.05, 3.63) is 57.1 Å². The monoisotopic (exact) mass is 492 g/mol. The molecule has 0 saturated carbocycles. The number of hydrogen-bond acceptors (Lipinski definition) is 9. The Labute approximate surface area is 196 Å². The van der Waals surface area contributed by atoms with Gasteiger partial charge in [0.2, 0.25) is 0 Å². The average molecular weight is 493 g/mol. The Kier molecular flexibility index (Phi) is 8.45. The molecule has 12 heteroatoms. The van der Waals surface area contributed by atoms with Gasteiger partial charge in [-0.25, -0.2) is 9.97 Å². The molecule has 2 heterocycles. The van der Waals surface area contributed by atoms with Crippen molar-refractivity contribution in [3.63, 3.8) is 0 Å². The van der Waals surface area contributed by atoms with Crippen molar-refractivity contribution in [2.75, 3.05) is 16.6 Å². The van der Waals surface area contributed by atoms with Crippen molar-refractivity contribution in [3.8, 4) is 0 Å². The third-order valence-corrected chi connectivity index (χ3v) is 6.58. The van der Waals surface area contributed by atoms with Gasteiger partial charge in [0.1, 0.15) is 10.8 Å². The minimum absolute atomic E-state index is 0.0558. The molecular formula is C20H22N5O4S3-. The Morgan fingerprint density at radius 2 is 1.97 bits per heavy atom. The number of carbonyl (C=O) groups excluding carboxylic acids is 2. The summed E-state index contributed by atoms with van der Waals surface area (Å²) in [5.41, 5.74) is 4.08. The van der Waals surface area contributed by atoms with Gasteiger partial charge in [0.25, 0.3) is 5.91 Å². The van der Waals surface area contributed by atoms with Gasteiger partial charge in [-0.15, -0.1) is 22.7 Å². The first kappa shape index (κ1) is 24.0. The lowest BCUT2D eigenvalue weighted by molar-refractivity contribution is -0.116. The third kappa shape index (κ3) is 6.66. The number of rotatable bonds is 11. The van der Waals surface area contributed by atoms with E-state index in [1.54, 1.807) is 29.0 Å². The van der Waals surface area contributed by atoms with E-state index in [1.807, 2.05) is 24.4 Å². The second-order valence-electron chi connectivity index (χ2n) is 6.87. The highest BCUT2D eigenvalue weighted by atomic mass is 32.2. The number of benzene rings is 1. The number of aryl methyl sites for hydroxylation is 1. The van der Waals surface area contributed by atoms with Crippen LogP contribution in [-0.2, 0) is 28.9 Å². The van der Waals surface area contributed by atoms with Crippen LogP contribution in [0.4, 0.5) is 10.7 Å². The predicted octanol–water partition coefficient (Wildman–Crippen LogP) is 3.08. The molecule has 32 heavy (non-hydrogen) atoms. The summed E-state index contributed by atoms with van der Waals surface area (Å²) in [4.78, 5) is 32.5. The Hall–Kier alpha value is -2.67. The number of nitrogens with zero attached hydrogens (tertiary/aromatic N) is 2. The van der Waals surface area contributed by atoms with Crippen molar-refractivity contribution in [1.82, 2.24) is 15.3 Å². The molecule has 3 rings (SSSR count). The molecule has 0 aliphatic heterocycles. The van der Waals surface area contributed by atoms with Crippen LogP contribution in [0.25, 0.3) is 0 Å². The molecular weight excluding hydrogens is 470 g/mol. The highest BCUT2D eigenvalue weighted by Crippen LogP contribution is 2.29. The lowest BCUT2D eigenvalue weighted by Crippen LogP contribution is -2.29. The van der Waals surface area contributed by atoms with Crippen LogP contribution in [0.15, 0.2) is 35.2 Å². The van der Waals surface area contributed by atoms with Crippen molar-refractivity contribution in [1.29, 1.82) is 0 Å². The van der Waals surface area contributed by atoms with E-state index < -0.39 is 17.2 Å². The largest absolute Gasteiger partial charge is 0.755 e. The third-order valence-electron chi connectivity index (χ3n) is 4.41. The first-order chi connectivity index (χ1) is 15.4. The second-order valence-corrected chi connectivity index (χ2v) is 9.34. The molecule has 0 fully saturated rings. The minimum Gasteiger partial charge on any atom is -0.755 e. The molecule has 2 aromatic heterocycles. The van der Waals surface area contributed by atoms with Gasteiger partial charge in [0, 0.05) is 22.3 Å². The number of carbonyl (C=O) groups is 2. The van der Waals surface area contributed by atoms with E-state index in [4.69, 9.17) is 4.98 Å². The maximum absolute atomic E-state index is 12.5. The van der Waals surface area contributed by atoms with E-state index in [2.05, 4.69) is 20.3 Å². The van der Waals surface area contributed by atoms with Gasteiger partial charge < -0.3 is 19.9 Å². The molecule has 3 aromatic rings. The summed E-state index contributed by atoms with van der Waals surface area (Å²) < 4.78 is 23.9. The van der Waals surface area contributed by atoms with Crippen LogP contribution in [0.3, 0.4) is 0 Å². The fourth-order valence-electron chi connectivity index (χ4n) is 2.87. The van der Waals surface area contributed by atoms with Crippen LogP contribution in [0.5, 0.6) is 0 Å². The zero-order valence-corrected chi connectivity index (χ0v) is 19.9. The van der Waals surface area contributed by atoms with Gasteiger partial charge in [-0.1, -0.05) is 19.1 Å². The summed E-state index contributed by atoms with van der Waals surface area (Å²) in [7, 11) is 0. The molecule has 0 radical (unpaired) electrons. The number of aromatic nitrogens is 2. The van der Waals surface area contributed by atoms with E-state index in [0.717, 1.165) is 22.7 Å². The molecule has 0 bridgehead atoms. The Morgan fingerprint density at radius 3 is 2.59 bits per heavy atom. The van der Waals surface area contributed by atoms with Crippen LogP contribution < -0.4 is 15.4 Å². The summed E-state index contributed by atoms with van der Waals surface area (Å²) in [6.45, 7) is 3.39. The van der Waals surface area contributed by atoms with Gasteiger partial charge in [0.05, 0.1) is 28.8 Å². The van der Waals surface area contributed by atoms with Gasteiger partial charge in [-0.2, -0.15) is 0 Å². The molecule has 9 nitrogen and oxygen atoms in total. The van der Waals surface area contributed by atoms with E-state index in [1.165, 1.54) is 18.3 Å². The zero-order valence-electron chi connectivity index (χ0n) is 17.4. The summed E-state index contributed by atoms with van der Waals surface area (Å²) in [5.74, 6) is -0.564. The average Bonchev–Trinajstić information content (AvgIpc) is 3.42. The molecule has 0 spiro atoms. The topological polar surface area (TPSA) is 136 Å². The first-order valence-corrected chi connectivity index (χ1v) is 12.6. The first-order valence-electron chi connectivity index (χ1n) is 9.72. The zero-order chi connectivity index (χ0) is 23.1. The molecule has 1 aromatic carbocycles. The van der Waals surface area contributed by atoms with Gasteiger partial charge in [-0.05, 0) is 37.5 Å². The number of nitrogens with one attached hydrogen (secondary N) is 3. The number of hydrogen-bond donors (Lipinski definition) is 3. The van der Waals surface area contributed by atoms with Gasteiger partial charge in [0.15, 0.2) is 5.69 Å². The summed E-state index contributed by atoms with van der Waals surface area (Å²) in [6, 6.07) is 6.81. The predicted molar refractivity (Wildman–Crippen MR) is 126 cm³/mol. The highest BCUT2D eigenvalue weighted by molar-refractivity contribution is 7.80. The lowest BCUT2D eigenvalue weighted by atomic mass is 10.0. The Morgan fingerprint density at radius 1 is 1.22 bits per heavy atom. The fraction of sp³-hybridized carbons (Fsp3) is 0.300. The maximum atomic E-state index is 12.5. The van der Waals surface area contributed by atoms with Crippen LogP contribution in [0.2, 0.25) is 0 Å². The molecule has 170 valence electrons. The number of thiazole rings is 2. The lowest BCUT2D eigenvalue weighted by Gasteiger charge is -2.18. The summed E-state index contributed by atoms with van der Waals surface area (Å²) in [6.07, 6.45) is 1.38. The van der Waals surface area contributed by atoms with E-state index in [0.29, 0.717) is 17.1 Å². The minimum atomic E-state index is -2.38. The Bertz CT molecular complexity index is 1100. The van der Waals surface area contributed by atoms with Crippen molar-refractivity contribution in [2.45, 2.75) is 32.7 Å². The number of Topliss-reactive ketones (excluding diaryl/α,β-unsaturated/α-hetero) is 1. The number of amides is 1. The molecule has 0 aliphatic carbocycles. The highest BCUT2D eigenvalue weighted by Gasteiger charge is 2.21. The van der Waals surface area contributed by atoms with Crippen LogP contribution in [0.1, 0.15) is 46.6 Å². The Balaban J connectivity index is 1.82. The van der Waals surface area contributed by atoms with Crippen LogP contribution in [0, 0.1) is 0 Å². The smallest absolute Gasteiger partial charge is 0.273 e. The van der Waals surface area contributed by atoms with Gasteiger partial charge in [-0.3, -0.25) is 13.8 Å². The van der Waals surface area contributed by atoms with Crippen molar-refractivity contribution in [2.24, 2.45) is 0 Å². The van der Waals surface area contributed by atoms with Crippen LogP contribution >= 0.6 is 22.7 Å². The van der Waals surface area contributed by atoms with E-state index in [9.17, 15) is 18.4 Å². The molecule has 1 unspecified atom stereocenters. The van der Waals surface area contributed by atoms with Crippen LogP contribution in [-0.4, -0.2) is 37.0 Å². The molecule has 2 atom stereocenters. The summed E-state index contributed by atoms with van der Waals surface area (Å²) >= 11 is 0.489. The molecule has 0 saturated heterocycles. The van der Waals surface area contributed by atoms with Crippen molar-refractivity contribution < 1.29 is 18.4 Å². The SMILES string of the molecule is CCc1nc([C@H](Cc2ccc(NS(=O)[O-])cc2)Nc2scnc2C(=O)NCC(C)=O)cs1. The maximum Gasteiger partial charge on any atom is 0.273 e. The molecule has 1 amide bonds. The molecule has 3 N–H and O–H groups in total. The quantitative estimate of drug-likeness (QED) is 0.350. The standard InChI is InChI=1S/C20H23N5O4S3/c1-3-17-23-16(10-30-17)15(8-13-4-6-14(7-5-13)25-32(28)29)24-20-18(22-11-31-20)19(27)21-9-12(2)26/h4-7,10-11,15,24-25H,3,8-9H2,1-2H3,(H,21,27)(H,28,29)/p-1/t15-/m0/s1. The number of ketones is 1. The number of anilines is 2. The van der Waals surface area contributed by atoms with E-state index >= 15 is 0 Å². The normalized spacial score (nSPS) is 12.7. The van der Waals surface area contributed by atoms with Crippen molar-refractivity contribution >= 4 is 56.3 Å². The molecule has 0 aliphatic rings. The van der Waals surface area contributed by atoms with E-state index in [-0.39, 0.29) is 24.1 Å². The summed E-state index contributed by atoms with van der Waals surface area (Å²) in [5, 5.41) is 9.54. The van der Waals surface area contributed by atoms with Gasteiger partial charge >= 0.3 is 0 Å².